The maximum absolute atomic E-state index is 15.7. The second kappa shape index (κ2) is 37.8. The summed E-state index contributed by atoms with van der Waals surface area (Å²) in [6, 6.07) is -10.5. The first-order valence-corrected chi connectivity index (χ1v) is 38.9. The van der Waals surface area contributed by atoms with E-state index in [1.165, 1.54) is 88.0 Å². The highest BCUT2D eigenvalue weighted by molar-refractivity contribution is 8.00. The number of hydrogen-bond donors (Lipinski definition) is 3. The Kier molecular flexibility index (Phi) is 30.8. The Balaban J connectivity index is 1.31. The van der Waals surface area contributed by atoms with Gasteiger partial charge in [-0.3, -0.25) is 57.5 Å². The number of halogens is 3. The van der Waals surface area contributed by atoms with Crippen molar-refractivity contribution < 1.29 is 80.2 Å². The standard InChI is InChI=1S/C74H119F3N12O14S/c1-15-45(5)62-70(99)83(9)43-61(92)84(10)53-23-20-19-21-35-88(69(53)98)56(38-47-24-28-50(29-25-47)74(75,76)77)68(97)82(8)42-59(90)78-52(30-26-46-27-31-58-49(37-46)32-36-104-58)66(95)89-41-51(103-18-4)39-54(89)65(94)80-73(33-22-34-73)72(101)87(13)63(48(16-2)17-3)71(100)86(12)55(67(96)81(6)7)40-60(91)85(11)57(44-102-14)64(93)79-62/h19-20,45-58,62-63H,15-18,21-44H2,1-14H3,(H,78,90)(H,79,93)(H,80,94)/b20-19-/t45-,46?,47?,49?,50?,51+,52-,53-,54-,55-,56-,57-,58?,62-,63-/m0/s1. The van der Waals surface area contributed by atoms with Gasteiger partial charge in [-0.15, -0.1) is 0 Å². The summed E-state index contributed by atoms with van der Waals surface area (Å²) in [4.78, 5) is 192. The summed E-state index contributed by atoms with van der Waals surface area (Å²) in [5, 5.41) is 9.39. The van der Waals surface area contributed by atoms with Gasteiger partial charge in [-0.1, -0.05) is 59.1 Å². The lowest BCUT2D eigenvalue weighted by Gasteiger charge is -2.47. The van der Waals surface area contributed by atoms with Crippen molar-refractivity contribution in [2.24, 2.45) is 35.5 Å². The quantitative estimate of drug-likeness (QED) is 0.185. The number of fused-ring (bicyclic) bond motifs is 4. The van der Waals surface area contributed by atoms with Crippen LogP contribution in [0, 0.1) is 35.5 Å². The molecule has 3 aliphatic carbocycles. The fraction of sp³-hybridized carbons (Fsp3) is 0.811. The monoisotopic (exact) mass is 1490 g/mol. The molecule has 586 valence electrons. The van der Waals surface area contributed by atoms with Crippen molar-refractivity contribution in [2.45, 2.75) is 241 Å². The smallest absolute Gasteiger partial charge is 0.382 e. The van der Waals surface area contributed by atoms with Gasteiger partial charge in [-0.2, -0.15) is 24.9 Å². The molecule has 30 heteroatoms. The second-order valence-electron chi connectivity index (χ2n) is 30.7. The predicted molar refractivity (Wildman–Crippen MR) is 385 cm³/mol. The van der Waals surface area contributed by atoms with Gasteiger partial charge in [0.25, 0.3) is 0 Å². The zero-order chi connectivity index (χ0) is 76.8. The van der Waals surface area contributed by atoms with Crippen molar-refractivity contribution in [1.29, 1.82) is 0 Å². The van der Waals surface area contributed by atoms with E-state index < -0.39 is 180 Å². The number of thioether (sulfide) groups is 1. The van der Waals surface area contributed by atoms with E-state index in [0.29, 0.717) is 43.3 Å². The number of methoxy groups -OCH3 is 1. The first kappa shape index (κ1) is 84.7. The van der Waals surface area contributed by atoms with Gasteiger partial charge in [0.1, 0.15) is 53.9 Å². The molecule has 13 atom stereocenters. The van der Waals surface area contributed by atoms with Crippen molar-refractivity contribution in [2.75, 3.05) is 109 Å². The van der Waals surface area contributed by atoms with Gasteiger partial charge in [0.15, 0.2) is 0 Å². The lowest BCUT2D eigenvalue weighted by Crippen LogP contribution is -2.68. The molecule has 0 aromatic heterocycles. The number of likely N-dealkylation sites (N-methyl/N-ethyl adjacent to an activating group) is 7. The summed E-state index contributed by atoms with van der Waals surface area (Å²) in [7, 11) is 12.5. The van der Waals surface area contributed by atoms with Crippen LogP contribution < -0.4 is 16.0 Å². The summed E-state index contributed by atoms with van der Waals surface area (Å²) in [6.07, 6.45) is 4.46. The van der Waals surface area contributed by atoms with E-state index >= 15 is 28.8 Å². The van der Waals surface area contributed by atoms with Gasteiger partial charge in [-0.25, -0.2) is 0 Å². The van der Waals surface area contributed by atoms with Gasteiger partial charge in [0.2, 0.25) is 70.9 Å². The van der Waals surface area contributed by atoms with Crippen molar-refractivity contribution in [1.82, 2.24) is 60.0 Å². The van der Waals surface area contributed by atoms with E-state index in [9.17, 15) is 41.9 Å². The van der Waals surface area contributed by atoms with Crippen LogP contribution >= 0.6 is 11.8 Å². The van der Waals surface area contributed by atoms with E-state index in [2.05, 4.69) is 16.0 Å². The lowest BCUT2D eigenvalue weighted by atomic mass is 9.74. The molecule has 4 aliphatic heterocycles. The minimum atomic E-state index is -4.43. The zero-order valence-corrected chi connectivity index (χ0v) is 64.8. The van der Waals surface area contributed by atoms with Crippen LogP contribution in [0.4, 0.5) is 13.2 Å². The third kappa shape index (κ3) is 20.4. The topological polar surface area (TPSA) is 289 Å². The Morgan fingerprint density at radius 3 is 1.96 bits per heavy atom. The van der Waals surface area contributed by atoms with Crippen molar-refractivity contribution in [3.63, 3.8) is 0 Å². The highest BCUT2D eigenvalue weighted by Crippen LogP contribution is 2.46. The summed E-state index contributed by atoms with van der Waals surface area (Å²) in [6.45, 7) is 7.53. The van der Waals surface area contributed by atoms with Crippen molar-refractivity contribution in [3.8, 4) is 0 Å². The summed E-state index contributed by atoms with van der Waals surface area (Å²) in [5.41, 5.74) is -1.56. The Hall–Kier alpha value is -6.56. The van der Waals surface area contributed by atoms with E-state index in [-0.39, 0.29) is 103 Å². The Bertz CT molecular complexity index is 3080. The molecule has 7 aliphatic rings. The van der Waals surface area contributed by atoms with Gasteiger partial charge in [-0.05, 0) is 145 Å². The highest BCUT2D eigenvalue weighted by Gasteiger charge is 2.54. The van der Waals surface area contributed by atoms with Gasteiger partial charge in [0, 0.05) is 94.9 Å². The minimum absolute atomic E-state index is 0.0306. The molecule has 0 aromatic carbocycles. The number of carbonyl (C=O) groups excluding carboxylic acids is 12. The Labute approximate surface area is 617 Å². The van der Waals surface area contributed by atoms with Crippen molar-refractivity contribution >= 4 is 82.6 Å². The molecule has 104 heavy (non-hydrogen) atoms. The number of ether oxygens (including phenoxy) is 2. The van der Waals surface area contributed by atoms with Crippen LogP contribution in [0.5, 0.6) is 0 Å². The van der Waals surface area contributed by atoms with Gasteiger partial charge < -0.3 is 69.5 Å². The average molecular weight is 1490 g/mol. The van der Waals surface area contributed by atoms with Crippen LogP contribution in [0.3, 0.4) is 0 Å². The fourth-order valence-electron chi connectivity index (χ4n) is 16.7. The maximum Gasteiger partial charge on any atom is 0.391 e. The summed E-state index contributed by atoms with van der Waals surface area (Å²) >= 11 is 1.99. The van der Waals surface area contributed by atoms with Crippen LogP contribution in [0.15, 0.2) is 12.2 Å². The molecule has 1 spiro atoms. The SMILES string of the molecule is CCO[C@@H]1C[C@H]2C(=O)NC3(CCC3)C(=O)N(C)[C@@H](C(CC)CC)C(=O)N(C)[C@H](C(=O)N(C)C)CC(=O)N(C)[C@@H](COC)C(=O)N[C@@H]([C@@H](C)CC)C(=O)N(C)CC(=O)N(C)[C@H]3C/C=C\CCN(C3=O)[C@@H](CC3CCC(C(F)(F)F)CC3)C(=O)N(C)CC(=O)N[C@@H](CCC3CCC4SCCC4C3)C(=O)N2C1. The number of amides is 12. The normalized spacial score (nSPS) is 31.4. The molecule has 3 saturated carbocycles. The maximum atomic E-state index is 15.7. The molecule has 3 N–H and O–H groups in total. The Morgan fingerprint density at radius 2 is 1.36 bits per heavy atom. The number of alkyl halides is 3. The van der Waals surface area contributed by atoms with Crippen LogP contribution in [0.1, 0.15) is 169 Å². The Morgan fingerprint density at radius 1 is 0.692 bits per heavy atom. The van der Waals surface area contributed by atoms with Crippen molar-refractivity contribution in [3.05, 3.63) is 12.2 Å². The fourth-order valence-corrected chi connectivity index (χ4v) is 18.3. The first-order chi connectivity index (χ1) is 49.2. The lowest BCUT2D eigenvalue weighted by molar-refractivity contribution is -0.184. The minimum Gasteiger partial charge on any atom is -0.382 e. The van der Waals surface area contributed by atoms with E-state index in [0.717, 1.165) is 51.0 Å². The molecule has 6 fully saturated rings. The molecule has 0 radical (unpaired) electrons. The number of hydrogen-bond acceptors (Lipinski definition) is 15. The van der Waals surface area contributed by atoms with Crippen LogP contribution in [0.25, 0.3) is 0 Å². The third-order valence-electron chi connectivity index (χ3n) is 23.8. The van der Waals surface area contributed by atoms with E-state index in [4.69, 9.17) is 9.47 Å². The molecular weight excluding hydrogens is 1370 g/mol. The number of carbonyl (C=O) groups is 12. The van der Waals surface area contributed by atoms with Gasteiger partial charge in [0.05, 0.1) is 38.1 Å². The average Bonchev–Trinajstić information content (AvgIpc) is 1.06. The third-order valence-corrected chi connectivity index (χ3v) is 25.3. The molecule has 4 heterocycles. The second-order valence-corrected chi connectivity index (χ2v) is 32.1. The largest absolute Gasteiger partial charge is 0.391 e. The molecular formula is C74H119F3N12O14S. The molecule has 12 amide bonds. The summed E-state index contributed by atoms with van der Waals surface area (Å²) in [5.74, 6) is -9.52. The van der Waals surface area contributed by atoms with E-state index in [1.54, 1.807) is 32.9 Å². The molecule has 2 bridgehead atoms. The molecule has 7 rings (SSSR count). The zero-order valence-electron chi connectivity index (χ0n) is 64.0. The highest BCUT2D eigenvalue weighted by atomic mass is 32.2. The summed E-state index contributed by atoms with van der Waals surface area (Å²) < 4.78 is 54.0. The molecule has 3 saturated heterocycles. The number of nitrogens with zero attached hydrogens (tertiary/aromatic N) is 9. The molecule has 0 aromatic rings. The van der Waals surface area contributed by atoms with Crippen LogP contribution in [-0.2, 0) is 67.0 Å². The van der Waals surface area contributed by atoms with E-state index in [1.807, 2.05) is 25.6 Å². The first-order valence-electron chi connectivity index (χ1n) is 37.9. The molecule has 3 unspecified atom stereocenters. The number of rotatable bonds is 15. The number of nitrogens with one attached hydrogen (secondary N) is 3. The van der Waals surface area contributed by atoms with Crippen LogP contribution in [-0.4, -0.2) is 295 Å². The van der Waals surface area contributed by atoms with Crippen LogP contribution in [0.2, 0.25) is 0 Å². The predicted octanol–water partition coefficient (Wildman–Crippen LogP) is 4.85. The molecule has 26 nitrogen and oxygen atoms in total. The van der Waals surface area contributed by atoms with Gasteiger partial charge >= 0.3 is 6.18 Å².